The van der Waals surface area contributed by atoms with Crippen LogP contribution in [0, 0.1) is 24.2 Å². The van der Waals surface area contributed by atoms with Crippen molar-refractivity contribution in [3.05, 3.63) is 24.3 Å². The third kappa shape index (κ3) is 6.99. The van der Waals surface area contributed by atoms with Crippen LogP contribution in [0.5, 0.6) is 0 Å². The average Bonchev–Trinajstić information content (AvgIpc) is 2.16. The minimum absolute atomic E-state index is 0.463. The number of rotatable bonds is 6. The molecule has 0 heterocycles. The molecule has 0 rings (SSSR count). The zero-order chi connectivity index (χ0) is 11.8. The molecule has 15 heavy (non-hydrogen) atoms. The van der Waals surface area contributed by atoms with E-state index < -0.39 is 6.10 Å². The minimum Gasteiger partial charge on any atom is -0.380 e. The van der Waals surface area contributed by atoms with E-state index in [4.69, 9.17) is 6.42 Å². The van der Waals surface area contributed by atoms with Crippen LogP contribution in [0.15, 0.2) is 24.3 Å². The molecule has 0 aromatic heterocycles. The Bertz CT molecular complexity index is 255. The van der Waals surface area contributed by atoms with E-state index in [1.54, 1.807) is 0 Å². The lowest BCUT2D eigenvalue weighted by Crippen LogP contribution is -2.10. The van der Waals surface area contributed by atoms with E-state index >= 15 is 0 Å². The van der Waals surface area contributed by atoms with Crippen molar-refractivity contribution in [2.24, 2.45) is 11.8 Å². The van der Waals surface area contributed by atoms with Crippen molar-refractivity contribution in [2.45, 2.75) is 39.7 Å². The molecule has 0 aliphatic rings. The molecule has 1 nitrogen and oxygen atoms in total. The molecule has 0 radical (unpaired) electrons. The predicted octanol–water partition coefficient (Wildman–Crippen LogP) is 3.17. The fourth-order valence-electron chi connectivity index (χ4n) is 1.37. The normalized spacial score (nSPS) is 15.2. The smallest absolute Gasteiger partial charge is 0.114 e. The Hall–Kier alpha value is -1.00. The summed E-state index contributed by atoms with van der Waals surface area (Å²) < 4.78 is 0. The van der Waals surface area contributed by atoms with E-state index in [-0.39, 0.29) is 0 Å². The van der Waals surface area contributed by atoms with Crippen LogP contribution in [0.4, 0.5) is 0 Å². The fourth-order valence-corrected chi connectivity index (χ4v) is 1.37. The van der Waals surface area contributed by atoms with Crippen molar-refractivity contribution in [2.75, 3.05) is 0 Å². The largest absolute Gasteiger partial charge is 0.380 e. The maximum Gasteiger partial charge on any atom is 0.114 e. The molecule has 0 aliphatic carbocycles. The summed E-state index contributed by atoms with van der Waals surface area (Å²) in [7, 11) is 0. The number of hydrogen-bond donors (Lipinski definition) is 1. The Kier molecular flexibility index (Phi) is 6.83. The van der Waals surface area contributed by atoms with Crippen LogP contribution in [0.3, 0.4) is 0 Å². The van der Waals surface area contributed by atoms with E-state index in [1.165, 1.54) is 0 Å². The number of aliphatic hydroxyl groups is 1. The van der Waals surface area contributed by atoms with Gasteiger partial charge in [0.05, 0.1) is 0 Å². The van der Waals surface area contributed by atoms with Crippen molar-refractivity contribution < 1.29 is 5.11 Å². The molecule has 0 aliphatic heterocycles. The van der Waals surface area contributed by atoms with Gasteiger partial charge in [-0.1, -0.05) is 44.1 Å². The summed E-state index contributed by atoms with van der Waals surface area (Å²) in [4.78, 5) is 0. The first-order valence-electron chi connectivity index (χ1n) is 5.45. The van der Waals surface area contributed by atoms with Gasteiger partial charge in [0.1, 0.15) is 6.10 Å². The van der Waals surface area contributed by atoms with Crippen molar-refractivity contribution >= 4 is 0 Å². The summed E-state index contributed by atoms with van der Waals surface area (Å²) in [5, 5.41) is 9.29. The second kappa shape index (κ2) is 7.31. The minimum atomic E-state index is -0.607. The first-order valence-corrected chi connectivity index (χ1v) is 5.45. The first-order chi connectivity index (χ1) is 6.97. The molecular weight excluding hydrogens is 184 g/mol. The van der Waals surface area contributed by atoms with Gasteiger partial charge in [-0.25, -0.2) is 0 Å². The lowest BCUT2D eigenvalue weighted by molar-refractivity contribution is 0.208. The maximum absolute atomic E-state index is 9.29. The van der Waals surface area contributed by atoms with Crippen LogP contribution in [0.25, 0.3) is 0 Å². The van der Waals surface area contributed by atoms with Crippen molar-refractivity contribution in [3.8, 4) is 12.3 Å². The lowest BCUT2D eigenvalue weighted by Gasteiger charge is -2.17. The maximum atomic E-state index is 9.29. The molecule has 0 aromatic carbocycles. The molecule has 0 saturated heterocycles. The van der Waals surface area contributed by atoms with Gasteiger partial charge in [0.2, 0.25) is 0 Å². The summed E-state index contributed by atoms with van der Waals surface area (Å²) in [5.41, 5.74) is 1.05. The van der Waals surface area contributed by atoms with Crippen LogP contribution >= 0.6 is 0 Å². The highest BCUT2D eigenvalue weighted by molar-refractivity contribution is 5.12. The second-order valence-electron chi connectivity index (χ2n) is 4.37. The molecule has 0 amide bonds. The van der Waals surface area contributed by atoms with Crippen LogP contribution in [-0.2, 0) is 0 Å². The average molecular weight is 206 g/mol. The molecule has 0 bridgehead atoms. The predicted molar refractivity (Wildman–Crippen MR) is 66.4 cm³/mol. The summed E-state index contributed by atoms with van der Waals surface area (Å²) >= 11 is 0. The molecule has 0 fully saturated rings. The lowest BCUT2D eigenvalue weighted by atomic mass is 9.89. The Morgan fingerprint density at radius 3 is 2.47 bits per heavy atom. The molecule has 2 atom stereocenters. The van der Waals surface area contributed by atoms with E-state index in [0.29, 0.717) is 18.3 Å². The van der Waals surface area contributed by atoms with Crippen LogP contribution in [0.2, 0.25) is 0 Å². The van der Waals surface area contributed by atoms with Crippen LogP contribution in [0.1, 0.15) is 33.6 Å². The highest BCUT2D eigenvalue weighted by atomic mass is 16.3. The molecule has 1 N–H and O–H groups in total. The number of terminal acetylenes is 1. The van der Waals surface area contributed by atoms with Crippen LogP contribution < -0.4 is 0 Å². The van der Waals surface area contributed by atoms with Gasteiger partial charge >= 0.3 is 0 Å². The number of hydrogen-bond acceptors (Lipinski definition) is 1. The Balaban J connectivity index is 4.18. The Labute approximate surface area is 93.9 Å². The zero-order valence-corrected chi connectivity index (χ0v) is 10.0. The number of aliphatic hydroxyl groups excluding tert-OH is 1. The van der Waals surface area contributed by atoms with Gasteiger partial charge in [0.25, 0.3) is 0 Å². The van der Waals surface area contributed by atoms with Crippen LogP contribution in [-0.4, -0.2) is 11.2 Å². The van der Waals surface area contributed by atoms with Gasteiger partial charge in [-0.2, -0.15) is 0 Å². The summed E-state index contributed by atoms with van der Waals surface area (Å²) in [6.45, 7) is 10.2. The van der Waals surface area contributed by atoms with Gasteiger partial charge in [0, 0.05) is 0 Å². The topological polar surface area (TPSA) is 20.2 Å². The zero-order valence-electron chi connectivity index (χ0n) is 10.0. The highest BCUT2D eigenvalue weighted by Crippen LogP contribution is 2.20. The SMILES string of the molecule is C#CC(O)CCC(/C=C/C(=C)C)C(C)C. The van der Waals surface area contributed by atoms with Gasteiger partial charge in [-0.05, 0) is 31.6 Å². The van der Waals surface area contributed by atoms with Crippen molar-refractivity contribution in [3.63, 3.8) is 0 Å². The molecule has 0 aromatic rings. The van der Waals surface area contributed by atoms with E-state index in [2.05, 4.69) is 32.4 Å². The molecule has 0 saturated carbocycles. The molecule has 0 spiro atoms. The summed E-state index contributed by atoms with van der Waals surface area (Å²) in [6.07, 6.45) is 10.3. The third-order valence-corrected chi connectivity index (χ3v) is 2.45. The monoisotopic (exact) mass is 206 g/mol. The third-order valence-electron chi connectivity index (χ3n) is 2.45. The number of allylic oxidation sites excluding steroid dienone is 3. The standard InChI is InChI=1S/C14H22O/c1-6-14(15)10-9-13(12(4)5)8-7-11(2)3/h1,7-8,12-15H,2,9-10H2,3-5H3/b8-7+. The highest BCUT2D eigenvalue weighted by Gasteiger charge is 2.11. The van der Waals surface area contributed by atoms with Gasteiger partial charge < -0.3 is 5.11 Å². The fraction of sp³-hybridized carbons (Fsp3) is 0.571. The molecule has 2 unspecified atom stereocenters. The Morgan fingerprint density at radius 1 is 1.47 bits per heavy atom. The van der Waals surface area contributed by atoms with Crippen molar-refractivity contribution in [1.82, 2.24) is 0 Å². The van der Waals surface area contributed by atoms with E-state index in [9.17, 15) is 5.11 Å². The molecule has 84 valence electrons. The van der Waals surface area contributed by atoms with Crippen molar-refractivity contribution in [1.29, 1.82) is 0 Å². The van der Waals surface area contributed by atoms with Gasteiger partial charge in [0.15, 0.2) is 0 Å². The molecular formula is C14H22O. The van der Waals surface area contributed by atoms with Gasteiger partial charge in [-0.15, -0.1) is 6.42 Å². The molecule has 1 heteroatoms. The first kappa shape index (κ1) is 14.0. The second-order valence-corrected chi connectivity index (χ2v) is 4.37. The summed E-state index contributed by atoms with van der Waals surface area (Å²) in [5.74, 6) is 3.36. The van der Waals surface area contributed by atoms with Gasteiger partial charge in [-0.3, -0.25) is 0 Å². The Morgan fingerprint density at radius 2 is 2.07 bits per heavy atom. The van der Waals surface area contributed by atoms with E-state index in [1.807, 2.05) is 13.0 Å². The quantitative estimate of drug-likeness (QED) is 0.523. The summed E-state index contributed by atoms with van der Waals surface area (Å²) in [6, 6.07) is 0. The van der Waals surface area contributed by atoms with E-state index in [0.717, 1.165) is 12.0 Å².